The van der Waals surface area contributed by atoms with Crippen molar-refractivity contribution in [2.75, 3.05) is 20.2 Å². The molecule has 1 saturated heterocycles. The van der Waals surface area contributed by atoms with Crippen LogP contribution < -0.4 is 15.4 Å². The maximum atomic E-state index is 13.4. The lowest BCUT2D eigenvalue weighted by Crippen LogP contribution is -2.46. The number of likely N-dealkylation sites (tertiary alicyclic amines) is 1. The lowest BCUT2D eigenvalue weighted by atomic mass is 9.85. The summed E-state index contributed by atoms with van der Waals surface area (Å²) < 4.78 is 12.4. The Morgan fingerprint density at radius 1 is 1.09 bits per heavy atom. The van der Waals surface area contributed by atoms with E-state index in [-0.39, 0.29) is 36.2 Å². The van der Waals surface area contributed by atoms with E-state index in [4.69, 9.17) is 4.74 Å². The maximum absolute atomic E-state index is 13.4. The number of nitrogens with one attached hydrogen (secondary N) is 2. The molecule has 0 bridgehead atoms. The van der Waals surface area contributed by atoms with E-state index in [2.05, 4.69) is 75.2 Å². The number of aromatic nitrogens is 5. The highest BCUT2D eigenvalue weighted by atomic mass is 16.5. The summed E-state index contributed by atoms with van der Waals surface area (Å²) in [4.78, 5) is 15.7. The number of amides is 2. The van der Waals surface area contributed by atoms with Gasteiger partial charge in [0.25, 0.3) is 5.82 Å². The fourth-order valence-corrected chi connectivity index (χ4v) is 6.86. The van der Waals surface area contributed by atoms with Crippen molar-refractivity contribution in [1.29, 1.82) is 0 Å². The van der Waals surface area contributed by atoms with Gasteiger partial charge in [-0.2, -0.15) is 15.0 Å². The van der Waals surface area contributed by atoms with E-state index in [1.165, 1.54) is 0 Å². The van der Waals surface area contributed by atoms with Crippen molar-refractivity contribution in [2.24, 2.45) is 5.41 Å². The quantitative estimate of drug-likeness (QED) is 0.244. The number of fused-ring (bicyclic) bond motifs is 2. The number of ether oxygens (including phenoxy) is 1. The Balaban J connectivity index is 1.05. The van der Waals surface area contributed by atoms with Crippen LogP contribution in [0.5, 0.6) is 5.75 Å². The van der Waals surface area contributed by atoms with Crippen molar-refractivity contribution < 1.29 is 19.2 Å². The Labute approximate surface area is 268 Å². The Hall–Kier alpha value is -4.55. The highest BCUT2D eigenvalue weighted by Gasteiger charge is 2.39. The average molecular weight is 625 g/mol. The van der Waals surface area contributed by atoms with Crippen molar-refractivity contribution in [3.05, 3.63) is 83.8 Å². The van der Waals surface area contributed by atoms with Gasteiger partial charge in [-0.15, -0.1) is 10.2 Å². The van der Waals surface area contributed by atoms with Crippen LogP contribution in [-0.2, 0) is 6.54 Å². The molecule has 240 valence electrons. The lowest BCUT2D eigenvalue weighted by molar-refractivity contribution is -0.406. The molecule has 12 heteroatoms. The molecule has 7 rings (SSSR count). The Morgan fingerprint density at radius 2 is 1.91 bits per heavy atom. The number of aliphatic hydroxyl groups excluding tert-OH is 1. The number of nitrogens with zero attached hydrogens (tertiary/aromatic N) is 7. The zero-order valence-corrected chi connectivity index (χ0v) is 26.8. The van der Waals surface area contributed by atoms with Crippen molar-refractivity contribution in [2.45, 2.75) is 71.2 Å². The van der Waals surface area contributed by atoms with Gasteiger partial charge < -0.3 is 15.2 Å². The summed E-state index contributed by atoms with van der Waals surface area (Å²) in [5, 5.41) is 28.9. The van der Waals surface area contributed by atoms with E-state index in [0.717, 1.165) is 72.0 Å². The molecule has 12 nitrogen and oxygen atoms in total. The third-order valence-corrected chi connectivity index (χ3v) is 9.21. The number of hydrogen-bond acceptors (Lipinski definition) is 7. The molecule has 3 atom stereocenters. The fourth-order valence-electron chi connectivity index (χ4n) is 6.86. The van der Waals surface area contributed by atoms with E-state index in [1.807, 2.05) is 47.3 Å². The van der Waals surface area contributed by atoms with Gasteiger partial charge in [0.05, 0.1) is 49.9 Å². The number of pyridine rings is 1. The largest absolute Gasteiger partial charge is 0.484 e. The first-order valence-electron chi connectivity index (χ1n) is 16.1. The lowest BCUT2D eigenvalue weighted by Gasteiger charge is -2.32. The van der Waals surface area contributed by atoms with Gasteiger partial charge in [0, 0.05) is 5.41 Å². The summed E-state index contributed by atoms with van der Waals surface area (Å²) in [6.45, 7) is 7.88. The molecule has 0 spiro atoms. The second-order valence-corrected chi connectivity index (χ2v) is 13.4. The van der Waals surface area contributed by atoms with E-state index in [9.17, 15) is 9.90 Å². The normalized spacial score (nSPS) is 21.6. The minimum Gasteiger partial charge on any atom is -0.484 e. The predicted molar refractivity (Wildman–Crippen MR) is 173 cm³/mol. The Bertz CT molecular complexity index is 1830. The average Bonchev–Trinajstić information content (AvgIpc) is 3.76. The molecule has 1 aromatic carbocycles. The molecule has 1 aliphatic carbocycles. The summed E-state index contributed by atoms with van der Waals surface area (Å²) in [5.74, 6) is 2.40. The third-order valence-electron chi connectivity index (χ3n) is 9.21. The molecule has 2 amide bonds. The molecule has 2 aliphatic heterocycles. The van der Waals surface area contributed by atoms with Gasteiger partial charge in [-0.1, -0.05) is 45.0 Å². The standard InChI is InChI=1S/C34H41N9O3/c1-34(2,3)29-18-31(43(29)22-19-35-41(20-22)16-17-44)37-33(45)36-26-12-13-28(25-9-6-5-8-24(25)26)46-23-11-14-30-38-39-32(42(30)21-23)27-10-7-15-40(27)4/h5-6,8-9,11,14,18-21,26-28,44H,7,10,12-13,15-17H2,1-4H3,(H,36,45)/p+1. The number of benzene rings is 1. The highest BCUT2D eigenvalue weighted by Crippen LogP contribution is 2.39. The number of allylic oxidation sites excluding steroid dienone is 1. The number of carbonyl (C=O) groups excluding carboxylic acids is 1. The molecular formula is C34H42N9O3+. The first-order valence-corrected chi connectivity index (χ1v) is 16.1. The fraction of sp³-hybridized carbons (Fsp3) is 0.441. The van der Waals surface area contributed by atoms with E-state index < -0.39 is 0 Å². The number of rotatable bonds is 8. The minimum atomic E-state index is -0.270. The smallest absolute Gasteiger partial charge is 0.407 e. The van der Waals surface area contributed by atoms with E-state index in [0.29, 0.717) is 12.4 Å². The molecule has 46 heavy (non-hydrogen) atoms. The summed E-state index contributed by atoms with van der Waals surface area (Å²) in [5.41, 5.74) is 4.72. The molecule has 5 heterocycles. The molecule has 0 radical (unpaired) electrons. The molecule has 3 N–H and O–H groups in total. The third kappa shape index (κ3) is 5.67. The first-order chi connectivity index (χ1) is 22.2. The highest BCUT2D eigenvalue weighted by molar-refractivity contribution is 6.00. The molecule has 0 saturated carbocycles. The number of aliphatic hydroxyl groups is 1. The molecule has 4 aromatic rings. The van der Waals surface area contributed by atoms with Gasteiger partial charge in [0.15, 0.2) is 17.2 Å². The monoisotopic (exact) mass is 624 g/mol. The van der Waals surface area contributed by atoms with Crippen LogP contribution in [0.4, 0.5) is 10.5 Å². The SMILES string of the molecule is CN1CCCC1c1nnc2ccc(OC3CCC(NC(=O)NC4=CC(C(C)(C)C)=[N+]4c4cnn(CCO)c4)c4ccccc43)cn12. The van der Waals surface area contributed by atoms with Gasteiger partial charge in [-0.25, -0.2) is 4.79 Å². The van der Waals surface area contributed by atoms with E-state index in [1.54, 1.807) is 10.9 Å². The summed E-state index contributed by atoms with van der Waals surface area (Å²) in [6, 6.07) is 11.9. The second-order valence-electron chi connectivity index (χ2n) is 13.4. The molecule has 3 aliphatic rings. The van der Waals surface area contributed by atoms with Crippen LogP contribution in [0.15, 0.2) is 66.9 Å². The molecule has 3 unspecified atom stereocenters. The number of urea groups is 1. The van der Waals surface area contributed by atoms with Crippen LogP contribution in [-0.4, -0.2) is 70.9 Å². The van der Waals surface area contributed by atoms with Gasteiger partial charge in [0.2, 0.25) is 0 Å². The zero-order chi connectivity index (χ0) is 32.0. The van der Waals surface area contributed by atoms with Crippen LogP contribution >= 0.6 is 0 Å². The van der Waals surface area contributed by atoms with Crippen LogP contribution in [0.1, 0.15) is 81.6 Å². The molecule has 3 aromatic heterocycles. The van der Waals surface area contributed by atoms with Gasteiger partial charge in [-0.3, -0.25) is 14.0 Å². The van der Waals surface area contributed by atoms with Crippen LogP contribution in [0.3, 0.4) is 0 Å². The van der Waals surface area contributed by atoms with Gasteiger partial charge in [0.1, 0.15) is 17.6 Å². The maximum Gasteiger partial charge on any atom is 0.407 e. The van der Waals surface area contributed by atoms with Crippen molar-refractivity contribution in [3.8, 4) is 5.75 Å². The predicted octanol–water partition coefficient (Wildman–Crippen LogP) is 4.63. The van der Waals surface area contributed by atoms with Gasteiger partial charge in [-0.05, 0) is 62.5 Å². The Morgan fingerprint density at radius 3 is 2.67 bits per heavy atom. The molecule has 1 fully saturated rings. The van der Waals surface area contributed by atoms with Crippen LogP contribution in [0.25, 0.3) is 5.65 Å². The first kappa shape index (κ1) is 30.1. The Kier molecular flexibility index (Phi) is 7.85. The topological polar surface area (TPSA) is 125 Å². The van der Waals surface area contributed by atoms with Crippen molar-refractivity contribution in [1.82, 2.24) is 39.9 Å². The van der Waals surface area contributed by atoms with Crippen molar-refractivity contribution in [3.63, 3.8) is 0 Å². The second kappa shape index (κ2) is 12.0. The molecular weight excluding hydrogens is 582 g/mol. The van der Waals surface area contributed by atoms with Crippen molar-refractivity contribution >= 4 is 23.1 Å². The summed E-state index contributed by atoms with van der Waals surface area (Å²) in [6.07, 6.45) is 11.2. The number of hydrogen-bond donors (Lipinski definition) is 3. The van der Waals surface area contributed by atoms with Crippen LogP contribution in [0, 0.1) is 5.41 Å². The number of carbonyl (C=O) groups is 1. The van der Waals surface area contributed by atoms with Crippen LogP contribution in [0.2, 0.25) is 0 Å². The van der Waals surface area contributed by atoms with E-state index >= 15 is 0 Å². The summed E-state index contributed by atoms with van der Waals surface area (Å²) in [7, 11) is 2.14. The minimum absolute atomic E-state index is 0.00552. The zero-order valence-electron chi connectivity index (χ0n) is 26.8. The summed E-state index contributed by atoms with van der Waals surface area (Å²) >= 11 is 0. The van der Waals surface area contributed by atoms with Gasteiger partial charge >= 0.3 is 6.03 Å².